The van der Waals surface area contributed by atoms with E-state index in [1.807, 2.05) is 0 Å². The molecule has 0 aromatic carbocycles. The number of carbonyl (C=O) groups is 1. The molecule has 0 aliphatic carbocycles. The van der Waals surface area contributed by atoms with Gasteiger partial charge in [-0.25, -0.2) is 4.39 Å². The first-order chi connectivity index (χ1) is 3.63. The van der Waals surface area contributed by atoms with Crippen LogP contribution in [0.2, 0.25) is 0 Å². The van der Waals surface area contributed by atoms with Gasteiger partial charge in [0.1, 0.15) is 12.1 Å². The molecular weight excluding hydrogens is 109 g/mol. The maximum absolute atomic E-state index is 11.8. The molecule has 0 aliphatic rings. The minimum atomic E-state index is -1.08. The number of halogens is 1. The second kappa shape index (κ2) is 3.55. The zero-order valence-electron chi connectivity index (χ0n) is 5.07. The molecule has 0 saturated heterocycles. The van der Waals surface area contributed by atoms with Gasteiger partial charge in [-0.15, -0.1) is 0 Å². The van der Waals surface area contributed by atoms with Gasteiger partial charge >= 0.3 is 0 Å². The van der Waals surface area contributed by atoms with E-state index >= 15 is 0 Å². The third-order valence-corrected chi connectivity index (χ3v) is 0.632. The third-order valence-electron chi connectivity index (χ3n) is 0.632. The summed E-state index contributed by atoms with van der Waals surface area (Å²) in [5.74, 6) is -0.0468. The average molecular weight is 119 g/mol. The minimum absolute atomic E-state index is 0.0468. The molecule has 2 nitrogen and oxygen atoms in total. The van der Waals surface area contributed by atoms with Gasteiger partial charge in [-0.3, -0.25) is 10.1 Å². The Balaban J connectivity index is 3.05. The second-order valence-electron chi connectivity index (χ2n) is 1.70. The van der Waals surface area contributed by atoms with Crippen LogP contribution in [0.5, 0.6) is 0 Å². The number of ketones is 1. The Kier molecular flexibility index (Phi) is 3.35. The lowest BCUT2D eigenvalue weighted by atomic mass is 10.4. The number of hydrogen-bond acceptors (Lipinski definition) is 2. The number of rotatable bonds is 3. The van der Waals surface area contributed by atoms with Crippen molar-refractivity contribution in [3.05, 3.63) is 0 Å². The standard InChI is InChI=1S/C5H10FNO/c1-4(8)3-7-5(2)6/h5,7H,3H2,1-2H3. The zero-order valence-corrected chi connectivity index (χ0v) is 5.07. The molecule has 3 heteroatoms. The number of nitrogens with one attached hydrogen (secondary N) is 1. The second-order valence-corrected chi connectivity index (χ2v) is 1.70. The zero-order chi connectivity index (χ0) is 6.57. The predicted octanol–water partition coefficient (Wildman–Crippen LogP) is 0.481. The smallest absolute Gasteiger partial charge is 0.148 e. The summed E-state index contributed by atoms with van der Waals surface area (Å²) in [5.41, 5.74) is 0. The van der Waals surface area contributed by atoms with E-state index in [1.54, 1.807) is 0 Å². The Labute approximate surface area is 48.1 Å². The van der Waals surface area contributed by atoms with E-state index < -0.39 is 6.30 Å². The van der Waals surface area contributed by atoms with Crippen molar-refractivity contribution in [2.45, 2.75) is 20.1 Å². The maximum Gasteiger partial charge on any atom is 0.148 e. The Hall–Kier alpha value is -0.440. The van der Waals surface area contributed by atoms with Crippen molar-refractivity contribution < 1.29 is 9.18 Å². The van der Waals surface area contributed by atoms with Crippen molar-refractivity contribution in [1.29, 1.82) is 0 Å². The molecular formula is C5H10FNO. The van der Waals surface area contributed by atoms with Gasteiger partial charge in [0.15, 0.2) is 0 Å². The molecule has 1 unspecified atom stereocenters. The Bertz CT molecular complexity index is 82.5. The molecule has 0 aliphatic heterocycles. The van der Waals surface area contributed by atoms with Gasteiger partial charge < -0.3 is 0 Å². The molecule has 8 heavy (non-hydrogen) atoms. The van der Waals surface area contributed by atoms with Gasteiger partial charge in [0.25, 0.3) is 0 Å². The maximum atomic E-state index is 11.8. The molecule has 1 atom stereocenters. The summed E-state index contributed by atoms with van der Waals surface area (Å²) in [5, 5.41) is 2.33. The topological polar surface area (TPSA) is 29.1 Å². The normalized spacial score (nSPS) is 13.4. The van der Waals surface area contributed by atoms with Crippen molar-refractivity contribution in [3.63, 3.8) is 0 Å². The van der Waals surface area contributed by atoms with E-state index in [0.29, 0.717) is 0 Å². The van der Waals surface area contributed by atoms with Gasteiger partial charge in [0, 0.05) is 0 Å². The summed E-state index contributed by atoms with van der Waals surface area (Å²) in [6.45, 7) is 2.88. The molecule has 0 rings (SSSR count). The lowest BCUT2D eigenvalue weighted by Crippen LogP contribution is -2.26. The Morgan fingerprint density at radius 3 is 2.50 bits per heavy atom. The number of carbonyl (C=O) groups excluding carboxylic acids is 1. The Morgan fingerprint density at radius 2 is 2.38 bits per heavy atom. The fourth-order valence-corrected chi connectivity index (χ4v) is 0.284. The van der Waals surface area contributed by atoms with Gasteiger partial charge in [-0.05, 0) is 13.8 Å². The fourth-order valence-electron chi connectivity index (χ4n) is 0.284. The van der Waals surface area contributed by atoms with Crippen molar-refractivity contribution in [2.75, 3.05) is 6.54 Å². The quantitative estimate of drug-likeness (QED) is 0.547. The predicted molar refractivity (Wildman–Crippen MR) is 29.3 cm³/mol. The average Bonchev–Trinajstić information content (AvgIpc) is 1.61. The molecule has 0 bridgehead atoms. The van der Waals surface area contributed by atoms with E-state index in [2.05, 4.69) is 5.32 Å². The van der Waals surface area contributed by atoms with Crippen molar-refractivity contribution in [1.82, 2.24) is 5.32 Å². The molecule has 0 aromatic rings. The number of hydrogen-bond donors (Lipinski definition) is 1. The lowest BCUT2D eigenvalue weighted by molar-refractivity contribution is -0.116. The highest BCUT2D eigenvalue weighted by atomic mass is 19.1. The summed E-state index contributed by atoms with van der Waals surface area (Å²) >= 11 is 0. The van der Waals surface area contributed by atoms with Crippen molar-refractivity contribution in [3.8, 4) is 0 Å². The van der Waals surface area contributed by atoms with Crippen LogP contribution in [0.4, 0.5) is 4.39 Å². The first-order valence-corrected chi connectivity index (χ1v) is 2.50. The van der Waals surface area contributed by atoms with Gasteiger partial charge in [0.2, 0.25) is 0 Å². The highest BCUT2D eigenvalue weighted by Gasteiger charge is 1.96. The highest BCUT2D eigenvalue weighted by molar-refractivity contribution is 5.77. The lowest BCUT2D eigenvalue weighted by Gasteiger charge is -1.99. The monoisotopic (exact) mass is 119 g/mol. The van der Waals surface area contributed by atoms with E-state index in [4.69, 9.17) is 0 Å². The number of alkyl halides is 1. The molecule has 0 aromatic heterocycles. The fraction of sp³-hybridized carbons (Fsp3) is 0.800. The summed E-state index contributed by atoms with van der Waals surface area (Å²) in [7, 11) is 0. The number of Topliss-reactive ketones (excluding diaryl/α,β-unsaturated/α-hetero) is 1. The van der Waals surface area contributed by atoms with Gasteiger partial charge in [-0.1, -0.05) is 0 Å². The third kappa shape index (κ3) is 5.56. The molecule has 1 N–H and O–H groups in total. The van der Waals surface area contributed by atoms with Crippen LogP contribution in [0.15, 0.2) is 0 Å². The molecule has 0 spiro atoms. The van der Waals surface area contributed by atoms with Crippen molar-refractivity contribution >= 4 is 5.78 Å². The van der Waals surface area contributed by atoms with Crippen LogP contribution >= 0.6 is 0 Å². The summed E-state index contributed by atoms with van der Waals surface area (Å²) < 4.78 is 11.8. The van der Waals surface area contributed by atoms with Crippen LogP contribution in [-0.2, 0) is 4.79 Å². The van der Waals surface area contributed by atoms with E-state index in [-0.39, 0.29) is 12.3 Å². The molecule has 0 saturated carbocycles. The van der Waals surface area contributed by atoms with Crippen LogP contribution in [0.3, 0.4) is 0 Å². The molecule has 0 fully saturated rings. The van der Waals surface area contributed by atoms with E-state index in [0.717, 1.165) is 0 Å². The van der Waals surface area contributed by atoms with E-state index in [9.17, 15) is 9.18 Å². The van der Waals surface area contributed by atoms with E-state index in [1.165, 1.54) is 13.8 Å². The molecule has 0 amide bonds. The first-order valence-electron chi connectivity index (χ1n) is 2.50. The largest absolute Gasteiger partial charge is 0.299 e. The SMILES string of the molecule is CC(=O)CNC(C)F. The van der Waals surface area contributed by atoms with Crippen LogP contribution in [0, 0.1) is 0 Å². The Morgan fingerprint density at radius 1 is 1.88 bits per heavy atom. The molecule has 0 heterocycles. The van der Waals surface area contributed by atoms with Crippen LogP contribution in [0.1, 0.15) is 13.8 Å². The first kappa shape index (κ1) is 7.56. The molecule has 48 valence electrons. The van der Waals surface area contributed by atoms with Gasteiger partial charge in [-0.2, -0.15) is 0 Å². The highest BCUT2D eigenvalue weighted by Crippen LogP contribution is 1.78. The van der Waals surface area contributed by atoms with Crippen molar-refractivity contribution in [2.24, 2.45) is 0 Å². The van der Waals surface area contributed by atoms with Gasteiger partial charge in [0.05, 0.1) is 6.54 Å². The van der Waals surface area contributed by atoms with Crippen LogP contribution < -0.4 is 5.32 Å². The summed E-state index contributed by atoms with van der Waals surface area (Å²) in [6.07, 6.45) is -1.08. The molecule has 0 radical (unpaired) electrons. The van der Waals surface area contributed by atoms with Crippen LogP contribution in [-0.4, -0.2) is 18.6 Å². The summed E-state index contributed by atoms with van der Waals surface area (Å²) in [6, 6.07) is 0. The minimum Gasteiger partial charge on any atom is -0.299 e. The summed E-state index contributed by atoms with van der Waals surface area (Å²) in [4.78, 5) is 10.1. The van der Waals surface area contributed by atoms with Crippen LogP contribution in [0.25, 0.3) is 0 Å².